The van der Waals surface area contributed by atoms with Crippen molar-refractivity contribution in [3.05, 3.63) is 149 Å². The van der Waals surface area contributed by atoms with Crippen molar-refractivity contribution >= 4 is 27.9 Å². The van der Waals surface area contributed by atoms with Crippen LogP contribution in [0.2, 0.25) is 13.1 Å². The molecule has 1 heterocycles. The van der Waals surface area contributed by atoms with Crippen LogP contribution in [0.3, 0.4) is 0 Å². The van der Waals surface area contributed by atoms with E-state index in [9.17, 15) is 0 Å². The normalized spacial score (nSPS) is 13.2. The summed E-state index contributed by atoms with van der Waals surface area (Å²) >= 11 is 1.74. The summed E-state index contributed by atoms with van der Waals surface area (Å²) in [6.45, 7) is 11.1. The fraction of sp³-hybridized carbons (Fsp3) is 0.154. The molecule has 1 aliphatic rings. The molecule has 0 saturated carbocycles. The van der Waals surface area contributed by atoms with E-state index in [1.54, 1.807) is 23.3 Å². The maximum absolute atomic E-state index is 6.24. The molecule has 0 amide bonds. The number of furan rings is 1. The van der Waals surface area contributed by atoms with E-state index in [0.717, 1.165) is 11.5 Å². The van der Waals surface area contributed by atoms with Gasteiger partial charge in [-0.05, 0) is 72.4 Å². The van der Waals surface area contributed by atoms with Gasteiger partial charge in [0.1, 0.15) is 11.5 Å². The summed E-state index contributed by atoms with van der Waals surface area (Å²) in [5, 5.41) is 2.59. The summed E-state index contributed by atoms with van der Waals surface area (Å²) in [7, 11) is 0. The largest absolute Gasteiger partial charge is 1.00 e. The minimum absolute atomic E-state index is 0. The molecule has 0 saturated heterocycles. The number of benzene rings is 4. The maximum Gasteiger partial charge on any atom is 0.131 e. The molecule has 1 nitrogen and oxygen atoms in total. The van der Waals surface area contributed by atoms with Gasteiger partial charge in [0.2, 0.25) is 0 Å². The van der Waals surface area contributed by atoms with E-state index in [2.05, 4.69) is 142 Å². The zero-order chi connectivity index (χ0) is 29.4. The Balaban J connectivity index is 0.000000696. The van der Waals surface area contributed by atoms with E-state index in [0.29, 0.717) is 0 Å². The molecule has 0 radical (unpaired) electrons. The van der Waals surface area contributed by atoms with Gasteiger partial charge in [0.15, 0.2) is 0 Å². The molecular formula is C39H35Cl2OSiZr-. The first-order valence-corrected chi connectivity index (χ1v) is 20.7. The molecular weight excluding hydrogens is 675 g/mol. The number of rotatable bonds is 4. The Labute approximate surface area is 289 Å². The topological polar surface area (TPSA) is 13.1 Å². The van der Waals surface area contributed by atoms with Crippen LogP contribution < -0.4 is 24.8 Å². The second kappa shape index (κ2) is 14.5. The van der Waals surface area contributed by atoms with Gasteiger partial charge in [0.25, 0.3) is 0 Å². The van der Waals surface area contributed by atoms with Crippen molar-refractivity contribution < 1.29 is 52.6 Å². The van der Waals surface area contributed by atoms with Crippen molar-refractivity contribution in [3.63, 3.8) is 0 Å². The molecule has 0 N–H and O–H groups in total. The average Bonchev–Trinajstić information content (AvgIpc) is 3.70. The van der Waals surface area contributed by atoms with Gasteiger partial charge in [0, 0.05) is 11.5 Å². The second-order valence-corrected chi connectivity index (χ2v) is 20.9. The quantitative estimate of drug-likeness (QED) is 0.188. The molecule has 7 rings (SSSR count). The van der Waals surface area contributed by atoms with Crippen LogP contribution in [0.1, 0.15) is 45.3 Å². The van der Waals surface area contributed by atoms with Crippen LogP contribution in [-0.4, -0.2) is 5.43 Å². The number of allylic oxidation sites excluding steroid dienone is 1. The van der Waals surface area contributed by atoms with Gasteiger partial charge in [-0.3, -0.25) is 0 Å². The average molecular weight is 710 g/mol. The summed E-state index contributed by atoms with van der Waals surface area (Å²) in [4.78, 5) is 0. The fourth-order valence-electron chi connectivity index (χ4n) is 6.28. The van der Waals surface area contributed by atoms with Gasteiger partial charge >= 0.3 is 41.9 Å². The number of halogens is 2. The smallest absolute Gasteiger partial charge is 0.131 e. The number of hydrogen-bond acceptors (Lipinski definition) is 1. The van der Waals surface area contributed by atoms with E-state index in [1.807, 2.05) is 6.92 Å². The zero-order valence-electron chi connectivity index (χ0n) is 25.7. The van der Waals surface area contributed by atoms with Gasteiger partial charge in [0.05, 0.1) is 0 Å². The summed E-state index contributed by atoms with van der Waals surface area (Å²) in [5.74, 6) is 1.99. The van der Waals surface area contributed by atoms with Crippen molar-refractivity contribution in [3.8, 4) is 22.3 Å². The summed E-state index contributed by atoms with van der Waals surface area (Å²) in [6.07, 6.45) is 2.37. The molecule has 0 bridgehead atoms. The maximum atomic E-state index is 6.24. The van der Waals surface area contributed by atoms with Crippen molar-refractivity contribution in [1.29, 1.82) is 0 Å². The minimum Gasteiger partial charge on any atom is -1.00 e. The van der Waals surface area contributed by atoms with Gasteiger partial charge in [-0.1, -0.05) is 83.9 Å². The Hall–Kier alpha value is -2.81. The van der Waals surface area contributed by atoms with E-state index < -0.39 is 0 Å². The van der Waals surface area contributed by atoms with Crippen molar-refractivity contribution in [1.82, 2.24) is 0 Å². The first kappa shape index (κ1) is 34.1. The Bertz CT molecular complexity index is 1950. The molecule has 220 valence electrons. The van der Waals surface area contributed by atoms with Gasteiger partial charge in [-0.2, -0.15) is 6.07 Å². The molecule has 44 heavy (non-hydrogen) atoms. The Morgan fingerprint density at radius 3 is 1.86 bits per heavy atom. The molecule has 5 aromatic carbocycles. The number of fused-ring (bicyclic) bond motifs is 2. The third-order valence-electron chi connectivity index (χ3n) is 8.01. The second-order valence-electron chi connectivity index (χ2n) is 11.5. The predicted molar refractivity (Wildman–Crippen MR) is 177 cm³/mol. The SMILES string of the molecule is C[Si](C)=[Zr+2].Cc1ccc(C2=Cc3c(ccc(C)c3-c3ccccc3)C2c2cc3c(-c4ccccc4)c(C)ccc3[cH-]2)o1.[Cl-].[Cl-]. The molecule has 1 aliphatic carbocycles. The van der Waals surface area contributed by atoms with Crippen LogP contribution in [0.15, 0.2) is 114 Å². The van der Waals surface area contributed by atoms with Crippen LogP contribution in [0.4, 0.5) is 0 Å². The molecule has 0 spiro atoms. The molecule has 5 heteroatoms. The Morgan fingerprint density at radius 1 is 0.705 bits per heavy atom. The van der Waals surface area contributed by atoms with Crippen molar-refractivity contribution in [2.45, 2.75) is 39.8 Å². The summed E-state index contributed by atoms with van der Waals surface area (Å²) < 4.78 is 6.24. The third-order valence-corrected chi connectivity index (χ3v) is 8.01. The summed E-state index contributed by atoms with van der Waals surface area (Å²) in [6, 6.07) is 39.6. The summed E-state index contributed by atoms with van der Waals surface area (Å²) in [5.41, 5.74) is 13.1. The standard InChI is InChI=1S/C37H29O.C2H6Si.2ClH.Zr/c1-23-14-17-28-20-29(21-31(28)35(23)26-10-6-4-7-11-26)37-30-18-15-24(2)36(27-12-8-5-9-13-27)32(30)22-33(37)34-19-16-25(3)38-34;1-3-2;;;/h4-22,37H,1-3H3;1-2H3;2*1H;/q-1;;;;+2/p-2. The van der Waals surface area contributed by atoms with Crippen molar-refractivity contribution in [2.75, 3.05) is 0 Å². The predicted octanol–water partition coefficient (Wildman–Crippen LogP) is 4.89. The molecule has 6 aromatic rings. The van der Waals surface area contributed by atoms with E-state index in [4.69, 9.17) is 4.42 Å². The van der Waals surface area contributed by atoms with Crippen LogP contribution in [0.25, 0.3) is 44.7 Å². The zero-order valence-corrected chi connectivity index (χ0v) is 30.7. The van der Waals surface area contributed by atoms with E-state index in [-0.39, 0.29) is 36.2 Å². The third kappa shape index (κ3) is 6.73. The monoisotopic (exact) mass is 707 g/mol. The van der Waals surface area contributed by atoms with Gasteiger partial charge in [-0.25, -0.2) is 0 Å². The van der Waals surface area contributed by atoms with Crippen LogP contribution in [0.5, 0.6) is 0 Å². The molecule has 1 aromatic heterocycles. The minimum atomic E-state index is 0. The first-order valence-electron chi connectivity index (χ1n) is 14.6. The Morgan fingerprint density at radius 2 is 1.27 bits per heavy atom. The van der Waals surface area contributed by atoms with E-state index in [1.165, 1.54) is 66.4 Å². The molecule has 1 unspecified atom stereocenters. The van der Waals surface area contributed by atoms with Crippen LogP contribution in [-0.2, 0) is 23.3 Å². The van der Waals surface area contributed by atoms with Crippen LogP contribution in [0, 0.1) is 20.8 Å². The van der Waals surface area contributed by atoms with Gasteiger partial charge < -0.3 is 29.2 Å². The number of aryl methyl sites for hydroxylation is 3. The molecule has 0 aliphatic heterocycles. The van der Waals surface area contributed by atoms with Crippen molar-refractivity contribution in [2.24, 2.45) is 0 Å². The van der Waals surface area contributed by atoms with Crippen LogP contribution >= 0.6 is 0 Å². The molecule has 1 atom stereocenters. The molecule has 0 fully saturated rings. The first-order chi connectivity index (χ1) is 20.3. The van der Waals surface area contributed by atoms with Gasteiger partial charge in [-0.15, -0.1) is 34.5 Å². The Kier molecular flexibility index (Phi) is 11.2. The fourth-order valence-corrected chi connectivity index (χ4v) is 6.28. The van der Waals surface area contributed by atoms with E-state index >= 15 is 0 Å². The number of hydrogen-bond donors (Lipinski definition) is 0.